The average molecular weight is 291 g/mol. The van der Waals surface area contributed by atoms with Gasteiger partial charge in [0.1, 0.15) is 5.75 Å². The molecule has 5 heteroatoms. The normalized spacial score (nSPS) is 14.9. The largest absolute Gasteiger partial charge is 0.495 e. The van der Waals surface area contributed by atoms with E-state index in [4.69, 9.17) is 4.74 Å². The van der Waals surface area contributed by atoms with E-state index in [2.05, 4.69) is 37.0 Å². The summed E-state index contributed by atoms with van der Waals surface area (Å²) in [5.41, 5.74) is 1.99. The van der Waals surface area contributed by atoms with E-state index in [0.717, 1.165) is 43.2 Å². The van der Waals surface area contributed by atoms with Crippen LogP contribution in [0.4, 0.5) is 11.4 Å². The number of carbonyl (C=O) groups excluding carboxylic acids is 1. The van der Waals surface area contributed by atoms with Gasteiger partial charge in [-0.25, -0.2) is 0 Å². The van der Waals surface area contributed by atoms with Crippen LogP contribution in [0.1, 0.15) is 12.8 Å². The van der Waals surface area contributed by atoms with Gasteiger partial charge in [0.15, 0.2) is 0 Å². The molecule has 1 aliphatic heterocycles. The van der Waals surface area contributed by atoms with Crippen LogP contribution in [0.25, 0.3) is 0 Å². The van der Waals surface area contributed by atoms with E-state index in [-0.39, 0.29) is 5.91 Å². The first-order valence-corrected chi connectivity index (χ1v) is 7.37. The molecule has 0 atom stereocenters. The quantitative estimate of drug-likeness (QED) is 0.801. The molecule has 1 aromatic carbocycles. The van der Waals surface area contributed by atoms with E-state index in [9.17, 15) is 4.79 Å². The molecular weight excluding hydrogens is 266 g/mol. The van der Waals surface area contributed by atoms with Crippen molar-refractivity contribution in [2.45, 2.75) is 12.8 Å². The van der Waals surface area contributed by atoms with Crippen LogP contribution in [0, 0.1) is 0 Å². The van der Waals surface area contributed by atoms with Crippen molar-refractivity contribution in [2.75, 3.05) is 57.7 Å². The average Bonchev–Trinajstić information content (AvgIpc) is 2.90. The number of amides is 1. The lowest BCUT2D eigenvalue weighted by molar-refractivity contribution is -0.117. The van der Waals surface area contributed by atoms with E-state index in [1.165, 1.54) is 0 Å². The Kier molecular flexibility index (Phi) is 5.07. The first-order valence-electron chi connectivity index (χ1n) is 7.37. The molecule has 1 heterocycles. The minimum atomic E-state index is 0.210. The summed E-state index contributed by atoms with van der Waals surface area (Å²) in [6.45, 7) is 2.68. The van der Waals surface area contributed by atoms with Crippen LogP contribution in [-0.2, 0) is 4.79 Å². The zero-order chi connectivity index (χ0) is 15.4. The van der Waals surface area contributed by atoms with Crippen LogP contribution in [0.15, 0.2) is 18.2 Å². The number of rotatable bonds is 6. The van der Waals surface area contributed by atoms with Crippen LogP contribution in [0.5, 0.6) is 5.75 Å². The predicted octanol–water partition coefficient (Wildman–Crippen LogP) is 1.82. The number of ether oxygens (including phenoxy) is 1. The fourth-order valence-corrected chi connectivity index (χ4v) is 2.54. The minimum absolute atomic E-state index is 0.210. The topological polar surface area (TPSA) is 36.0 Å². The molecule has 116 valence electrons. The molecule has 2 rings (SSSR count). The highest BCUT2D eigenvalue weighted by Gasteiger charge is 2.23. The first-order chi connectivity index (χ1) is 10.0. The maximum atomic E-state index is 11.9. The van der Waals surface area contributed by atoms with Gasteiger partial charge in [0.25, 0.3) is 0 Å². The Morgan fingerprint density at radius 3 is 2.57 bits per heavy atom. The molecule has 1 fully saturated rings. The van der Waals surface area contributed by atoms with Crippen molar-refractivity contribution in [1.29, 1.82) is 0 Å². The van der Waals surface area contributed by atoms with E-state index < -0.39 is 0 Å². The number of hydrogen-bond acceptors (Lipinski definition) is 4. The number of benzene rings is 1. The summed E-state index contributed by atoms with van der Waals surface area (Å²) in [7, 11) is 7.85. The zero-order valence-electron chi connectivity index (χ0n) is 13.4. The summed E-state index contributed by atoms with van der Waals surface area (Å²) in [6.07, 6.45) is 1.59. The number of nitrogens with zero attached hydrogens (tertiary/aromatic N) is 3. The molecule has 5 nitrogen and oxygen atoms in total. The Bertz CT molecular complexity index is 502. The third-order valence-corrected chi connectivity index (χ3v) is 3.84. The second kappa shape index (κ2) is 6.80. The van der Waals surface area contributed by atoms with Crippen LogP contribution < -0.4 is 14.5 Å². The van der Waals surface area contributed by atoms with Crippen molar-refractivity contribution < 1.29 is 9.53 Å². The van der Waals surface area contributed by atoms with Gasteiger partial charge in [-0.1, -0.05) is 0 Å². The minimum Gasteiger partial charge on any atom is -0.495 e. The summed E-state index contributed by atoms with van der Waals surface area (Å²) in [5, 5.41) is 0. The molecule has 0 radical (unpaired) electrons. The Hall–Kier alpha value is -1.75. The van der Waals surface area contributed by atoms with Gasteiger partial charge >= 0.3 is 0 Å². The van der Waals surface area contributed by atoms with Crippen molar-refractivity contribution in [3.05, 3.63) is 18.2 Å². The predicted molar refractivity (Wildman–Crippen MR) is 86.4 cm³/mol. The Balaban J connectivity index is 2.23. The zero-order valence-corrected chi connectivity index (χ0v) is 13.4. The van der Waals surface area contributed by atoms with Crippen LogP contribution in [0.2, 0.25) is 0 Å². The van der Waals surface area contributed by atoms with Gasteiger partial charge < -0.3 is 19.4 Å². The molecule has 0 aliphatic carbocycles. The van der Waals surface area contributed by atoms with Gasteiger partial charge in [-0.05, 0) is 38.7 Å². The van der Waals surface area contributed by atoms with Gasteiger partial charge in [-0.2, -0.15) is 0 Å². The summed E-state index contributed by atoms with van der Waals surface area (Å²) < 4.78 is 5.46. The Labute approximate surface area is 127 Å². The van der Waals surface area contributed by atoms with Gasteiger partial charge in [-0.3, -0.25) is 4.79 Å². The standard InChI is InChI=1S/C16H25N3O2/c1-17(2)10-11-18(3)14-12-13(7-8-15(14)21-4)19-9-5-6-16(19)20/h7-8,12H,5-6,9-11H2,1-4H3. The fraction of sp³-hybridized carbons (Fsp3) is 0.562. The Morgan fingerprint density at radius 1 is 1.24 bits per heavy atom. The van der Waals surface area contributed by atoms with E-state index in [1.807, 2.05) is 17.0 Å². The van der Waals surface area contributed by atoms with Gasteiger partial charge in [0.2, 0.25) is 5.91 Å². The molecule has 0 bridgehead atoms. The molecule has 0 aromatic heterocycles. The van der Waals surface area contributed by atoms with E-state index in [1.54, 1.807) is 7.11 Å². The molecule has 0 unspecified atom stereocenters. The van der Waals surface area contributed by atoms with Crippen molar-refractivity contribution in [3.63, 3.8) is 0 Å². The molecule has 1 aliphatic rings. The lowest BCUT2D eigenvalue weighted by atomic mass is 10.2. The summed E-state index contributed by atoms with van der Waals surface area (Å²) >= 11 is 0. The highest BCUT2D eigenvalue weighted by atomic mass is 16.5. The fourth-order valence-electron chi connectivity index (χ4n) is 2.54. The number of hydrogen-bond donors (Lipinski definition) is 0. The van der Waals surface area contributed by atoms with Crippen LogP contribution in [0.3, 0.4) is 0 Å². The Morgan fingerprint density at radius 2 is 2.00 bits per heavy atom. The van der Waals surface area contributed by atoms with E-state index in [0.29, 0.717) is 6.42 Å². The number of anilines is 2. The molecule has 1 amide bonds. The number of carbonyl (C=O) groups is 1. The molecule has 0 saturated carbocycles. The number of likely N-dealkylation sites (N-methyl/N-ethyl adjacent to an activating group) is 2. The molecule has 1 aromatic rings. The second-order valence-electron chi connectivity index (χ2n) is 5.73. The maximum Gasteiger partial charge on any atom is 0.227 e. The van der Waals surface area contributed by atoms with Crippen molar-refractivity contribution in [1.82, 2.24) is 4.90 Å². The highest BCUT2D eigenvalue weighted by Crippen LogP contribution is 2.33. The summed E-state index contributed by atoms with van der Waals surface area (Å²) in [6, 6.07) is 5.96. The monoisotopic (exact) mass is 291 g/mol. The SMILES string of the molecule is COc1ccc(N2CCCC2=O)cc1N(C)CCN(C)C. The van der Waals surface area contributed by atoms with Crippen molar-refractivity contribution >= 4 is 17.3 Å². The molecule has 21 heavy (non-hydrogen) atoms. The smallest absolute Gasteiger partial charge is 0.227 e. The summed E-state index contributed by atoms with van der Waals surface area (Å²) in [4.78, 5) is 18.1. The third-order valence-electron chi connectivity index (χ3n) is 3.84. The second-order valence-corrected chi connectivity index (χ2v) is 5.73. The maximum absolute atomic E-state index is 11.9. The molecule has 0 spiro atoms. The lowest BCUT2D eigenvalue weighted by Gasteiger charge is -2.25. The van der Waals surface area contributed by atoms with Crippen molar-refractivity contribution in [3.8, 4) is 5.75 Å². The lowest BCUT2D eigenvalue weighted by Crippen LogP contribution is -2.29. The molecular formula is C16H25N3O2. The highest BCUT2D eigenvalue weighted by molar-refractivity contribution is 5.96. The number of methoxy groups -OCH3 is 1. The van der Waals surface area contributed by atoms with E-state index >= 15 is 0 Å². The van der Waals surface area contributed by atoms with Gasteiger partial charge in [0.05, 0.1) is 12.8 Å². The van der Waals surface area contributed by atoms with Crippen molar-refractivity contribution in [2.24, 2.45) is 0 Å². The molecule has 0 N–H and O–H groups in total. The van der Waals surface area contributed by atoms with Gasteiger partial charge in [0, 0.05) is 38.8 Å². The first kappa shape index (κ1) is 15.6. The summed E-state index contributed by atoms with van der Waals surface area (Å²) in [5.74, 6) is 1.05. The molecule has 1 saturated heterocycles. The third kappa shape index (κ3) is 3.67. The van der Waals surface area contributed by atoms with Crippen LogP contribution in [-0.4, -0.2) is 58.7 Å². The van der Waals surface area contributed by atoms with Crippen LogP contribution >= 0.6 is 0 Å². The van der Waals surface area contributed by atoms with Gasteiger partial charge in [-0.15, -0.1) is 0 Å².